The lowest BCUT2D eigenvalue weighted by Gasteiger charge is -2.37. The van der Waals surface area contributed by atoms with E-state index in [-0.39, 0.29) is 0 Å². The Bertz CT molecular complexity index is 4530. The molecule has 0 aliphatic rings. The maximum Gasteiger partial charge on any atom is 0.0701 e. The minimum absolute atomic E-state index is 0.643. The molecule has 0 amide bonds. The molecule has 4 heteroatoms. The molecule has 4 aromatic heterocycles. The quantitative estimate of drug-likeness (QED) is 0.135. The molecule has 0 fully saturated rings. The molecule has 12 aromatic carbocycles. The SMILES string of the molecule is c1ccc(C(c2ccccc2)(c2ccc(-n3c4ccccc4c4cc(-n5c6ccccc6c6ccccc65)ccc43)cc2)c2ccc(-n3c4ccccc4c4cc(-n5c6ccccc6c6ccccc65)ccc43)cc2)cc1. The number of aromatic nitrogens is 4. The summed E-state index contributed by atoms with van der Waals surface area (Å²) in [6.45, 7) is 0. The Hall–Kier alpha value is -10.2. The molecule has 0 N–H and O–H groups in total. The van der Waals surface area contributed by atoms with Gasteiger partial charge in [-0.15, -0.1) is 0 Å². The first-order valence-corrected chi connectivity index (χ1v) is 26.6. The van der Waals surface area contributed by atoms with Crippen molar-refractivity contribution in [3.63, 3.8) is 0 Å². The first-order chi connectivity index (χ1) is 38.2. The normalized spacial score (nSPS) is 12.2. The highest BCUT2D eigenvalue weighted by atomic mass is 15.0. The molecule has 16 rings (SSSR count). The van der Waals surface area contributed by atoms with E-state index in [1.165, 1.54) is 109 Å². The van der Waals surface area contributed by atoms with Gasteiger partial charge in [0.1, 0.15) is 0 Å². The first kappa shape index (κ1) is 43.3. The largest absolute Gasteiger partial charge is 0.309 e. The smallest absolute Gasteiger partial charge is 0.0701 e. The second-order valence-corrected chi connectivity index (χ2v) is 20.4. The van der Waals surface area contributed by atoms with E-state index in [4.69, 9.17) is 0 Å². The summed E-state index contributed by atoms with van der Waals surface area (Å²) in [6, 6.07) is 107. The average molecular weight is 981 g/mol. The highest BCUT2D eigenvalue weighted by Crippen LogP contribution is 2.47. The molecule has 0 unspecified atom stereocenters. The van der Waals surface area contributed by atoms with E-state index in [1.54, 1.807) is 0 Å². The van der Waals surface area contributed by atoms with E-state index in [2.05, 4.69) is 309 Å². The van der Waals surface area contributed by atoms with E-state index < -0.39 is 5.41 Å². The summed E-state index contributed by atoms with van der Waals surface area (Å²) >= 11 is 0. The minimum atomic E-state index is -0.643. The summed E-state index contributed by atoms with van der Waals surface area (Å²) in [7, 11) is 0. The maximum atomic E-state index is 2.43. The predicted molar refractivity (Wildman–Crippen MR) is 322 cm³/mol. The van der Waals surface area contributed by atoms with Crippen molar-refractivity contribution in [3.8, 4) is 22.7 Å². The van der Waals surface area contributed by atoms with E-state index in [0.717, 1.165) is 22.7 Å². The van der Waals surface area contributed by atoms with E-state index in [0.29, 0.717) is 0 Å². The number of nitrogens with zero attached hydrogens (tertiary/aromatic N) is 4. The Labute approximate surface area is 444 Å². The van der Waals surface area contributed by atoms with Crippen molar-refractivity contribution >= 4 is 87.2 Å². The maximum absolute atomic E-state index is 2.43. The Morgan fingerprint density at radius 3 is 0.701 bits per heavy atom. The van der Waals surface area contributed by atoms with Gasteiger partial charge in [0.05, 0.1) is 49.5 Å². The van der Waals surface area contributed by atoms with Crippen LogP contribution in [-0.2, 0) is 5.41 Å². The topological polar surface area (TPSA) is 19.7 Å². The van der Waals surface area contributed by atoms with Gasteiger partial charge in [0.2, 0.25) is 0 Å². The second-order valence-electron chi connectivity index (χ2n) is 20.4. The van der Waals surface area contributed by atoms with Crippen LogP contribution in [-0.4, -0.2) is 18.3 Å². The Morgan fingerprint density at radius 1 is 0.169 bits per heavy atom. The summed E-state index contributed by atoms with van der Waals surface area (Å²) in [5.41, 5.74) is 18.2. The van der Waals surface area contributed by atoms with Gasteiger partial charge in [-0.2, -0.15) is 0 Å². The predicted octanol–water partition coefficient (Wildman–Crippen LogP) is 18.5. The molecule has 16 aromatic rings. The fourth-order valence-corrected chi connectivity index (χ4v) is 13.3. The Balaban J connectivity index is 0.839. The van der Waals surface area contributed by atoms with Crippen molar-refractivity contribution in [2.24, 2.45) is 0 Å². The van der Waals surface area contributed by atoms with Crippen LogP contribution < -0.4 is 0 Å². The third-order valence-electron chi connectivity index (χ3n) is 16.5. The van der Waals surface area contributed by atoms with Crippen LogP contribution in [0.4, 0.5) is 0 Å². The molecule has 77 heavy (non-hydrogen) atoms. The lowest BCUT2D eigenvalue weighted by atomic mass is 9.65. The Kier molecular flexibility index (Phi) is 9.52. The summed E-state index contributed by atoms with van der Waals surface area (Å²) < 4.78 is 9.69. The van der Waals surface area contributed by atoms with Gasteiger partial charge in [-0.3, -0.25) is 0 Å². The van der Waals surface area contributed by atoms with E-state index in [9.17, 15) is 0 Å². The van der Waals surface area contributed by atoms with Crippen LogP contribution >= 0.6 is 0 Å². The average Bonchev–Trinajstić information content (AvgIpc) is 4.39. The summed E-state index contributed by atoms with van der Waals surface area (Å²) in [6.07, 6.45) is 0. The van der Waals surface area contributed by atoms with Gasteiger partial charge in [-0.25, -0.2) is 0 Å². The fourth-order valence-electron chi connectivity index (χ4n) is 13.3. The Morgan fingerprint density at radius 2 is 0.390 bits per heavy atom. The molecule has 0 spiro atoms. The molecular weight excluding hydrogens is 933 g/mol. The molecule has 360 valence electrons. The van der Waals surface area contributed by atoms with Gasteiger partial charge < -0.3 is 18.3 Å². The van der Waals surface area contributed by atoms with Gasteiger partial charge >= 0.3 is 0 Å². The van der Waals surface area contributed by atoms with Crippen LogP contribution in [0.1, 0.15) is 22.3 Å². The zero-order chi connectivity index (χ0) is 50.6. The van der Waals surface area contributed by atoms with Gasteiger partial charge in [0.15, 0.2) is 0 Å². The zero-order valence-electron chi connectivity index (χ0n) is 42.0. The molecule has 0 radical (unpaired) electrons. The standard InChI is InChI=1S/C73H48N4/c1-3-19-49(20-4-1)73(50-21-5-2-6-22-50,51-35-39-53(40-36-51)74-69-33-17-11-27-61(69)63-47-55(43-45-71(63)74)76-65-29-13-7-23-57(65)58-24-8-14-30-66(58)76)52-37-41-54(42-38-52)75-70-34-18-12-28-62(70)64-48-56(44-46-72(64)75)77-67-31-15-9-25-59(67)60-26-10-16-32-68(60)77/h1-48H. The van der Waals surface area contributed by atoms with Crippen LogP contribution in [0, 0.1) is 0 Å². The highest BCUT2D eigenvalue weighted by molar-refractivity contribution is 6.14. The van der Waals surface area contributed by atoms with Crippen molar-refractivity contribution in [2.75, 3.05) is 0 Å². The molecular formula is C73H48N4. The van der Waals surface area contributed by atoms with Crippen molar-refractivity contribution in [3.05, 3.63) is 313 Å². The number of rotatable bonds is 8. The van der Waals surface area contributed by atoms with Crippen LogP contribution in [0.15, 0.2) is 291 Å². The molecule has 0 saturated heterocycles. The van der Waals surface area contributed by atoms with Crippen LogP contribution in [0.25, 0.3) is 110 Å². The monoisotopic (exact) mass is 980 g/mol. The van der Waals surface area contributed by atoms with Gasteiger partial charge in [0.25, 0.3) is 0 Å². The van der Waals surface area contributed by atoms with Crippen LogP contribution in [0.2, 0.25) is 0 Å². The lowest BCUT2D eigenvalue weighted by molar-refractivity contribution is 0.744. The number of hydrogen-bond acceptors (Lipinski definition) is 0. The number of hydrogen-bond donors (Lipinski definition) is 0. The van der Waals surface area contributed by atoms with Crippen molar-refractivity contribution in [1.29, 1.82) is 0 Å². The zero-order valence-corrected chi connectivity index (χ0v) is 42.0. The third kappa shape index (κ3) is 6.33. The van der Waals surface area contributed by atoms with Gasteiger partial charge in [-0.05, 0) is 119 Å². The third-order valence-corrected chi connectivity index (χ3v) is 16.5. The minimum Gasteiger partial charge on any atom is -0.309 e. The fraction of sp³-hybridized carbons (Fsp3) is 0.0137. The molecule has 4 heterocycles. The first-order valence-electron chi connectivity index (χ1n) is 26.6. The second kappa shape index (κ2) is 16.9. The van der Waals surface area contributed by atoms with Crippen molar-refractivity contribution in [1.82, 2.24) is 18.3 Å². The highest BCUT2D eigenvalue weighted by Gasteiger charge is 2.38. The summed E-state index contributed by atoms with van der Waals surface area (Å²) in [5.74, 6) is 0. The summed E-state index contributed by atoms with van der Waals surface area (Å²) in [4.78, 5) is 0. The molecule has 0 bridgehead atoms. The van der Waals surface area contributed by atoms with Gasteiger partial charge in [0, 0.05) is 65.8 Å². The van der Waals surface area contributed by atoms with E-state index in [1.807, 2.05) is 0 Å². The molecule has 0 aliphatic carbocycles. The number of para-hydroxylation sites is 6. The van der Waals surface area contributed by atoms with Crippen LogP contribution in [0.5, 0.6) is 0 Å². The molecule has 4 nitrogen and oxygen atoms in total. The van der Waals surface area contributed by atoms with Crippen molar-refractivity contribution < 1.29 is 0 Å². The summed E-state index contributed by atoms with van der Waals surface area (Å²) in [5, 5.41) is 9.94. The molecule has 0 saturated carbocycles. The van der Waals surface area contributed by atoms with Crippen molar-refractivity contribution in [2.45, 2.75) is 5.41 Å². The molecule has 0 atom stereocenters. The number of benzene rings is 12. The van der Waals surface area contributed by atoms with Crippen LogP contribution in [0.3, 0.4) is 0 Å². The molecule has 0 aliphatic heterocycles. The lowest BCUT2D eigenvalue weighted by Crippen LogP contribution is -2.31. The van der Waals surface area contributed by atoms with Gasteiger partial charge in [-0.1, -0.05) is 194 Å². The number of fused-ring (bicyclic) bond motifs is 12. The van der Waals surface area contributed by atoms with E-state index >= 15 is 0 Å².